The number of benzene rings is 1. The lowest BCUT2D eigenvalue weighted by molar-refractivity contribution is 0.483. The van der Waals surface area contributed by atoms with Gasteiger partial charge in [0, 0.05) is 10.0 Å². The van der Waals surface area contributed by atoms with E-state index in [0.717, 1.165) is 12.1 Å². The molecule has 0 bridgehead atoms. The Balaban J connectivity index is 3.47. The molecule has 72 valence electrons. The smallest absolute Gasteiger partial charge is 0.282 e. The lowest BCUT2D eigenvalue weighted by atomic mass is 10.2. The van der Waals surface area contributed by atoms with E-state index < -0.39 is 10.1 Å². The number of rotatable bonds is 1. The quantitative estimate of drug-likeness (QED) is 0.768. The van der Waals surface area contributed by atoms with Crippen LogP contribution in [-0.4, -0.2) is 13.0 Å². The van der Waals surface area contributed by atoms with Gasteiger partial charge in [0.15, 0.2) is 0 Å². The first-order chi connectivity index (χ1) is 5.82. The van der Waals surface area contributed by atoms with Gasteiger partial charge in [-0.15, -0.1) is 0 Å². The van der Waals surface area contributed by atoms with Crippen LogP contribution < -0.4 is 0 Å². The molecule has 1 aromatic carbocycles. The van der Waals surface area contributed by atoms with Gasteiger partial charge in [0.05, 0.1) is 4.90 Å². The zero-order valence-corrected chi connectivity index (χ0v) is 8.91. The van der Waals surface area contributed by atoms with Gasteiger partial charge in [0.2, 0.25) is 0 Å². The van der Waals surface area contributed by atoms with E-state index in [9.17, 15) is 8.42 Å². The van der Waals surface area contributed by atoms with E-state index in [0.29, 0.717) is 5.56 Å². The molecule has 1 aromatic rings. The van der Waals surface area contributed by atoms with Crippen LogP contribution in [0.4, 0.5) is 0 Å². The normalized spacial score (nSPS) is 11.7. The first-order valence-corrected chi connectivity index (χ1v) is 5.45. The fraction of sp³-hybridized carbons (Fsp3) is 0.143. The molecule has 0 spiro atoms. The second-order valence-corrected chi connectivity index (χ2v) is 4.72. The van der Waals surface area contributed by atoms with Crippen molar-refractivity contribution in [2.45, 2.75) is 11.8 Å². The predicted molar refractivity (Wildman–Crippen MR) is 51.0 cm³/mol. The van der Waals surface area contributed by atoms with Crippen molar-refractivity contribution in [2.75, 3.05) is 0 Å². The third-order valence-electron chi connectivity index (χ3n) is 1.55. The molecule has 0 atom stereocenters. The second-order valence-electron chi connectivity index (χ2n) is 2.49. The Labute approximate surface area is 86.0 Å². The van der Waals surface area contributed by atoms with Gasteiger partial charge >= 0.3 is 0 Å². The van der Waals surface area contributed by atoms with E-state index in [1.807, 2.05) is 0 Å². The molecule has 0 aliphatic rings. The van der Waals surface area contributed by atoms with E-state index in [2.05, 4.69) is 0 Å². The second kappa shape index (κ2) is 3.46. The highest BCUT2D eigenvalue weighted by molar-refractivity contribution is 7.85. The van der Waals surface area contributed by atoms with Crippen LogP contribution in [0.5, 0.6) is 0 Å². The molecule has 0 unspecified atom stereocenters. The number of halogens is 2. The topological polar surface area (TPSA) is 54.4 Å². The van der Waals surface area contributed by atoms with Gasteiger partial charge in [-0.3, -0.25) is 4.55 Å². The molecule has 3 nitrogen and oxygen atoms in total. The Morgan fingerprint density at radius 3 is 1.92 bits per heavy atom. The zero-order chi connectivity index (χ0) is 10.2. The lowest BCUT2D eigenvalue weighted by Crippen LogP contribution is -1.98. The summed E-state index contributed by atoms with van der Waals surface area (Å²) in [5, 5.41) is 0.417. The highest BCUT2D eigenvalue weighted by Crippen LogP contribution is 2.27. The van der Waals surface area contributed by atoms with Crippen molar-refractivity contribution in [3.8, 4) is 0 Å². The molecule has 6 heteroatoms. The van der Waals surface area contributed by atoms with Crippen molar-refractivity contribution in [3.05, 3.63) is 27.7 Å². The number of hydrogen-bond donors (Lipinski definition) is 1. The van der Waals surface area contributed by atoms with E-state index in [1.54, 1.807) is 6.92 Å². The summed E-state index contributed by atoms with van der Waals surface area (Å²) >= 11 is 11.3. The van der Waals surface area contributed by atoms with Crippen molar-refractivity contribution in [2.24, 2.45) is 0 Å². The molecule has 1 N–H and O–H groups in total. The van der Waals surface area contributed by atoms with Crippen LogP contribution in [0.25, 0.3) is 0 Å². The van der Waals surface area contributed by atoms with E-state index in [-0.39, 0.29) is 14.9 Å². The van der Waals surface area contributed by atoms with Gasteiger partial charge < -0.3 is 0 Å². The van der Waals surface area contributed by atoms with Crippen molar-refractivity contribution < 1.29 is 13.0 Å². The maximum atomic E-state index is 10.7. The van der Waals surface area contributed by atoms with Gasteiger partial charge in [-0.25, -0.2) is 0 Å². The van der Waals surface area contributed by atoms with E-state index in [1.165, 1.54) is 0 Å². The maximum Gasteiger partial charge on any atom is 0.294 e. The molecule has 13 heavy (non-hydrogen) atoms. The van der Waals surface area contributed by atoms with Gasteiger partial charge in [-0.2, -0.15) is 8.42 Å². The van der Waals surface area contributed by atoms with Gasteiger partial charge in [0.25, 0.3) is 10.1 Å². The van der Waals surface area contributed by atoms with Crippen molar-refractivity contribution in [3.63, 3.8) is 0 Å². The summed E-state index contributed by atoms with van der Waals surface area (Å²) in [4.78, 5) is -0.298. The van der Waals surface area contributed by atoms with Crippen LogP contribution in [0.1, 0.15) is 5.56 Å². The fourth-order valence-electron chi connectivity index (χ4n) is 0.771. The molecule has 0 amide bonds. The van der Waals surface area contributed by atoms with Gasteiger partial charge in [-0.1, -0.05) is 23.2 Å². The molecular formula is C7H6Cl2O3S. The molecule has 0 radical (unpaired) electrons. The molecule has 0 fully saturated rings. The van der Waals surface area contributed by atoms with Crippen LogP contribution in [-0.2, 0) is 10.1 Å². The highest BCUT2D eigenvalue weighted by Gasteiger charge is 2.13. The molecular weight excluding hydrogens is 235 g/mol. The first kappa shape index (κ1) is 10.8. The van der Waals surface area contributed by atoms with Crippen LogP contribution in [0, 0.1) is 6.92 Å². The van der Waals surface area contributed by atoms with E-state index >= 15 is 0 Å². The summed E-state index contributed by atoms with van der Waals surface area (Å²) in [5.74, 6) is 0. The Morgan fingerprint density at radius 2 is 1.62 bits per heavy atom. The molecule has 1 rings (SSSR count). The van der Waals surface area contributed by atoms with E-state index in [4.69, 9.17) is 27.8 Å². The fourth-order valence-corrected chi connectivity index (χ4v) is 1.92. The standard InChI is InChI=1S/C7H6Cl2O3S/c1-4-6(8)2-5(3-7(4)9)13(10,11)12/h2-3H,1H3,(H,10,11,12). The minimum Gasteiger partial charge on any atom is -0.282 e. The van der Waals surface area contributed by atoms with Crippen molar-refractivity contribution in [1.29, 1.82) is 0 Å². The minimum absolute atomic E-state index is 0.208. The predicted octanol–water partition coefficient (Wildman–Crippen LogP) is 2.55. The molecule has 0 aliphatic heterocycles. The van der Waals surface area contributed by atoms with Crippen LogP contribution in [0.2, 0.25) is 10.0 Å². The summed E-state index contributed by atoms with van der Waals surface area (Å²) in [7, 11) is -4.23. The third-order valence-corrected chi connectivity index (χ3v) is 3.17. The summed E-state index contributed by atoms with van der Waals surface area (Å²) in [6.07, 6.45) is 0. The largest absolute Gasteiger partial charge is 0.294 e. The summed E-state index contributed by atoms with van der Waals surface area (Å²) < 4.78 is 30.1. The summed E-state index contributed by atoms with van der Waals surface area (Å²) in [5.41, 5.74) is 0.579. The summed E-state index contributed by atoms with van der Waals surface area (Å²) in [6.45, 7) is 1.65. The molecule has 0 aromatic heterocycles. The average Bonchev–Trinajstić information content (AvgIpc) is 1.97. The average molecular weight is 241 g/mol. The maximum absolute atomic E-state index is 10.7. The molecule has 0 saturated carbocycles. The summed E-state index contributed by atoms with van der Waals surface area (Å²) in [6, 6.07) is 2.30. The Bertz CT molecular complexity index is 416. The van der Waals surface area contributed by atoms with Gasteiger partial charge in [-0.05, 0) is 24.6 Å². The minimum atomic E-state index is -4.23. The Hall–Kier alpha value is -0.290. The first-order valence-electron chi connectivity index (χ1n) is 3.25. The SMILES string of the molecule is Cc1c(Cl)cc(S(=O)(=O)O)cc1Cl. The molecule has 0 saturated heterocycles. The van der Waals surface area contributed by atoms with Crippen LogP contribution in [0.3, 0.4) is 0 Å². The van der Waals surface area contributed by atoms with Crippen molar-refractivity contribution in [1.82, 2.24) is 0 Å². The zero-order valence-electron chi connectivity index (χ0n) is 6.58. The van der Waals surface area contributed by atoms with Crippen LogP contribution >= 0.6 is 23.2 Å². The molecule has 0 aliphatic carbocycles. The number of hydrogen-bond acceptors (Lipinski definition) is 2. The third kappa shape index (κ3) is 2.34. The highest BCUT2D eigenvalue weighted by atomic mass is 35.5. The lowest BCUT2D eigenvalue weighted by Gasteiger charge is -2.03. The molecule has 0 heterocycles. The monoisotopic (exact) mass is 240 g/mol. The van der Waals surface area contributed by atoms with Gasteiger partial charge in [0.1, 0.15) is 0 Å². The van der Waals surface area contributed by atoms with Crippen LogP contribution in [0.15, 0.2) is 17.0 Å². The van der Waals surface area contributed by atoms with Crippen molar-refractivity contribution >= 4 is 33.3 Å². The Kier molecular flexibility index (Phi) is 2.87. The Morgan fingerprint density at radius 1 is 1.23 bits per heavy atom.